The van der Waals surface area contributed by atoms with E-state index in [0.29, 0.717) is 6.54 Å². The maximum absolute atomic E-state index is 11.1. The second kappa shape index (κ2) is 5.47. The van der Waals surface area contributed by atoms with Gasteiger partial charge in [0.25, 0.3) is 0 Å². The van der Waals surface area contributed by atoms with Gasteiger partial charge in [-0.1, -0.05) is 13.8 Å². The van der Waals surface area contributed by atoms with Gasteiger partial charge < -0.3 is 16.2 Å². The molecule has 0 aromatic heterocycles. The van der Waals surface area contributed by atoms with Gasteiger partial charge in [0.05, 0.1) is 5.54 Å². The molecule has 0 spiro atoms. The fourth-order valence-electron chi connectivity index (χ4n) is 1.28. The van der Waals surface area contributed by atoms with E-state index in [2.05, 4.69) is 5.32 Å². The van der Waals surface area contributed by atoms with Crippen molar-refractivity contribution >= 4 is 5.91 Å². The molecular formula is C11H24N2O2. The predicted octanol–water partition coefficient (Wildman–Crippen LogP) is 0.639. The molecule has 0 bridgehead atoms. The fraction of sp³-hybridized carbons (Fsp3) is 0.909. The van der Waals surface area contributed by atoms with Crippen molar-refractivity contribution < 1.29 is 9.90 Å². The molecule has 0 saturated carbocycles. The van der Waals surface area contributed by atoms with Crippen molar-refractivity contribution in [3.63, 3.8) is 0 Å². The molecule has 0 aliphatic rings. The van der Waals surface area contributed by atoms with Gasteiger partial charge in [0.15, 0.2) is 0 Å². The molecule has 0 aromatic rings. The zero-order valence-electron chi connectivity index (χ0n) is 10.3. The van der Waals surface area contributed by atoms with E-state index in [4.69, 9.17) is 5.73 Å². The summed E-state index contributed by atoms with van der Waals surface area (Å²) in [6.45, 7) is 8.32. The number of carbonyl (C=O) groups is 1. The van der Waals surface area contributed by atoms with Crippen LogP contribution in [0, 0.1) is 5.41 Å². The third-order valence-corrected chi connectivity index (χ3v) is 3.36. The summed E-state index contributed by atoms with van der Waals surface area (Å²) < 4.78 is 0. The van der Waals surface area contributed by atoms with Crippen molar-refractivity contribution in [3.8, 4) is 0 Å². The van der Waals surface area contributed by atoms with Crippen LogP contribution in [0.1, 0.15) is 40.5 Å². The van der Waals surface area contributed by atoms with Gasteiger partial charge in [0, 0.05) is 18.6 Å². The highest BCUT2D eigenvalue weighted by Gasteiger charge is 2.30. The molecule has 0 unspecified atom stereocenters. The summed E-state index contributed by atoms with van der Waals surface area (Å²) in [4.78, 5) is 11.1. The molecule has 4 nitrogen and oxygen atoms in total. The molecule has 0 fully saturated rings. The molecule has 4 heteroatoms. The summed E-state index contributed by atoms with van der Waals surface area (Å²) in [6.07, 6.45) is 1.75. The van der Waals surface area contributed by atoms with Crippen LogP contribution in [0.5, 0.6) is 0 Å². The van der Waals surface area contributed by atoms with Crippen molar-refractivity contribution in [2.75, 3.05) is 13.2 Å². The zero-order chi connectivity index (χ0) is 12.1. The molecule has 0 rings (SSSR count). The number of nitrogens with one attached hydrogen (secondary N) is 1. The third-order valence-electron chi connectivity index (χ3n) is 3.36. The Hall–Kier alpha value is -0.610. The standard InChI is InChI=1S/C11H24N2O2/c1-5-11(6-2,8-14)7-13-10(3,4)9(12)15/h13-14H,5-8H2,1-4H3,(H2,12,15). The van der Waals surface area contributed by atoms with Gasteiger partial charge in [0.1, 0.15) is 0 Å². The molecule has 0 aliphatic heterocycles. The lowest BCUT2D eigenvalue weighted by Gasteiger charge is -2.33. The van der Waals surface area contributed by atoms with Gasteiger partial charge in [-0.2, -0.15) is 0 Å². The highest BCUT2D eigenvalue weighted by atomic mass is 16.3. The van der Waals surface area contributed by atoms with Gasteiger partial charge in [-0.05, 0) is 26.7 Å². The molecule has 4 N–H and O–H groups in total. The quantitative estimate of drug-likeness (QED) is 0.584. The van der Waals surface area contributed by atoms with Crippen molar-refractivity contribution in [1.29, 1.82) is 0 Å². The number of hydrogen-bond acceptors (Lipinski definition) is 3. The minimum Gasteiger partial charge on any atom is -0.396 e. The number of aliphatic hydroxyl groups excluding tert-OH is 1. The molecule has 1 amide bonds. The number of nitrogens with two attached hydrogens (primary N) is 1. The Morgan fingerprint density at radius 3 is 2.07 bits per heavy atom. The van der Waals surface area contributed by atoms with Gasteiger partial charge in [-0.15, -0.1) is 0 Å². The lowest BCUT2D eigenvalue weighted by Crippen LogP contribution is -2.54. The van der Waals surface area contributed by atoms with E-state index in [0.717, 1.165) is 12.8 Å². The number of aliphatic hydroxyl groups is 1. The van der Waals surface area contributed by atoms with Crippen LogP contribution in [0.4, 0.5) is 0 Å². The third kappa shape index (κ3) is 3.80. The first kappa shape index (κ1) is 14.4. The van der Waals surface area contributed by atoms with Crippen LogP contribution in [-0.4, -0.2) is 29.7 Å². The molecule has 15 heavy (non-hydrogen) atoms. The van der Waals surface area contributed by atoms with Crippen LogP contribution in [-0.2, 0) is 4.79 Å². The van der Waals surface area contributed by atoms with Crippen LogP contribution in [0.2, 0.25) is 0 Å². The maximum atomic E-state index is 11.1. The lowest BCUT2D eigenvalue weighted by molar-refractivity contribution is -0.123. The number of amides is 1. The van der Waals surface area contributed by atoms with Crippen molar-refractivity contribution in [1.82, 2.24) is 5.32 Å². The Morgan fingerprint density at radius 1 is 1.33 bits per heavy atom. The Morgan fingerprint density at radius 2 is 1.80 bits per heavy atom. The van der Waals surface area contributed by atoms with Gasteiger partial charge in [-0.3, -0.25) is 4.79 Å². The molecule has 0 atom stereocenters. The van der Waals surface area contributed by atoms with E-state index < -0.39 is 5.54 Å². The average Bonchev–Trinajstić information content (AvgIpc) is 2.20. The second-order valence-corrected chi connectivity index (χ2v) is 4.71. The molecule has 0 saturated heterocycles. The minimum absolute atomic E-state index is 0.127. The monoisotopic (exact) mass is 216 g/mol. The Kier molecular flexibility index (Phi) is 5.24. The predicted molar refractivity (Wildman–Crippen MR) is 61.4 cm³/mol. The first-order valence-electron chi connectivity index (χ1n) is 5.49. The van der Waals surface area contributed by atoms with Gasteiger partial charge in [0.2, 0.25) is 5.91 Å². The summed E-state index contributed by atoms with van der Waals surface area (Å²) in [6, 6.07) is 0. The largest absolute Gasteiger partial charge is 0.396 e. The number of carbonyl (C=O) groups excluding carboxylic acids is 1. The summed E-state index contributed by atoms with van der Waals surface area (Å²) in [5, 5.41) is 12.5. The topological polar surface area (TPSA) is 75.3 Å². The summed E-state index contributed by atoms with van der Waals surface area (Å²) in [7, 11) is 0. The molecule has 0 heterocycles. The van der Waals surface area contributed by atoms with Gasteiger partial charge >= 0.3 is 0 Å². The second-order valence-electron chi connectivity index (χ2n) is 4.71. The fourth-order valence-corrected chi connectivity index (χ4v) is 1.28. The normalized spacial score (nSPS) is 12.9. The van der Waals surface area contributed by atoms with Crippen molar-refractivity contribution in [2.24, 2.45) is 11.1 Å². The summed E-state index contributed by atoms with van der Waals surface area (Å²) in [5.74, 6) is -0.374. The van der Waals surface area contributed by atoms with E-state index in [1.165, 1.54) is 0 Å². The van der Waals surface area contributed by atoms with Crippen LogP contribution < -0.4 is 11.1 Å². The Balaban J connectivity index is 4.40. The van der Waals surface area contributed by atoms with Crippen LogP contribution in [0.3, 0.4) is 0 Å². The SMILES string of the molecule is CCC(CC)(CO)CNC(C)(C)C(N)=O. The number of rotatable bonds is 7. The van der Waals surface area contributed by atoms with Crippen LogP contribution in [0.15, 0.2) is 0 Å². The molecule has 90 valence electrons. The van der Waals surface area contributed by atoms with E-state index >= 15 is 0 Å². The van der Waals surface area contributed by atoms with E-state index in [1.54, 1.807) is 13.8 Å². The molecule has 0 aliphatic carbocycles. The lowest BCUT2D eigenvalue weighted by atomic mass is 9.82. The Labute approximate surface area is 92.2 Å². The minimum atomic E-state index is -0.718. The van der Waals surface area contributed by atoms with E-state index in [9.17, 15) is 9.90 Å². The van der Waals surface area contributed by atoms with E-state index in [1.807, 2.05) is 13.8 Å². The Bertz CT molecular complexity index is 202. The first-order valence-corrected chi connectivity index (χ1v) is 5.49. The molecular weight excluding hydrogens is 192 g/mol. The smallest absolute Gasteiger partial charge is 0.237 e. The molecule has 0 aromatic carbocycles. The maximum Gasteiger partial charge on any atom is 0.237 e. The van der Waals surface area contributed by atoms with Crippen LogP contribution in [0.25, 0.3) is 0 Å². The average molecular weight is 216 g/mol. The van der Waals surface area contributed by atoms with Crippen molar-refractivity contribution in [2.45, 2.75) is 46.1 Å². The summed E-state index contributed by atoms with van der Waals surface area (Å²) >= 11 is 0. The summed E-state index contributed by atoms with van der Waals surface area (Å²) in [5.41, 5.74) is 4.40. The van der Waals surface area contributed by atoms with Crippen molar-refractivity contribution in [3.05, 3.63) is 0 Å². The first-order chi connectivity index (χ1) is 6.83. The molecule has 0 radical (unpaired) electrons. The van der Waals surface area contributed by atoms with E-state index in [-0.39, 0.29) is 17.9 Å². The number of primary amides is 1. The highest BCUT2D eigenvalue weighted by molar-refractivity contribution is 5.83. The number of hydrogen-bond donors (Lipinski definition) is 3. The zero-order valence-corrected chi connectivity index (χ0v) is 10.3. The van der Waals surface area contributed by atoms with Crippen LogP contribution >= 0.6 is 0 Å². The highest BCUT2D eigenvalue weighted by Crippen LogP contribution is 2.25. The van der Waals surface area contributed by atoms with Gasteiger partial charge in [-0.25, -0.2) is 0 Å².